The fourth-order valence-electron chi connectivity index (χ4n) is 3.95. The standard InChI is InChI=1S/C30H23F5/c1-2-3-4-20-5-7-21(8-6-20)9-10-22-11-15-26-23(17-22)14-16-27(29(26)32)24-12-13-25(28(31)18-24)19-30(33,34)35/h5-8,11-18H,2-4,19H2,1H3. The van der Waals surface area contributed by atoms with E-state index in [-0.39, 0.29) is 11.1 Å². The quantitative estimate of drug-likeness (QED) is 0.199. The minimum atomic E-state index is -4.52. The van der Waals surface area contributed by atoms with Gasteiger partial charge in [-0.05, 0) is 65.3 Å². The van der Waals surface area contributed by atoms with Crippen LogP contribution in [0.25, 0.3) is 21.9 Å². The topological polar surface area (TPSA) is 0 Å². The Kier molecular flexibility index (Phi) is 7.21. The van der Waals surface area contributed by atoms with Crippen LogP contribution in [-0.2, 0) is 12.8 Å². The van der Waals surface area contributed by atoms with E-state index >= 15 is 4.39 Å². The van der Waals surface area contributed by atoms with Gasteiger partial charge in [0.1, 0.15) is 11.6 Å². The highest BCUT2D eigenvalue weighted by Gasteiger charge is 2.29. The van der Waals surface area contributed by atoms with Gasteiger partial charge in [0, 0.05) is 22.1 Å². The van der Waals surface area contributed by atoms with E-state index in [2.05, 4.69) is 30.9 Å². The number of hydrogen-bond acceptors (Lipinski definition) is 0. The molecular formula is C30H23F5. The van der Waals surface area contributed by atoms with Crippen molar-refractivity contribution in [1.82, 2.24) is 0 Å². The summed E-state index contributed by atoms with van der Waals surface area (Å²) in [5.41, 5.74) is 2.73. The van der Waals surface area contributed by atoms with Gasteiger partial charge in [-0.25, -0.2) is 8.78 Å². The van der Waals surface area contributed by atoms with Crippen molar-refractivity contribution in [2.75, 3.05) is 0 Å². The molecule has 0 atom stereocenters. The molecule has 0 N–H and O–H groups in total. The molecule has 4 aromatic rings. The van der Waals surface area contributed by atoms with E-state index in [1.807, 2.05) is 12.1 Å². The Bertz CT molecular complexity index is 1400. The number of hydrogen-bond donors (Lipinski definition) is 0. The van der Waals surface area contributed by atoms with E-state index in [0.29, 0.717) is 10.8 Å². The Morgan fingerprint density at radius 3 is 2.17 bits per heavy atom. The lowest BCUT2D eigenvalue weighted by atomic mass is 9.97. The molecule has 35 heavy (non-hydrogen) atoms. The molecule has 0 aromatic heterocycles. The van der Waals surface area contributed by atoms with Crippen LogP contribution in [0.5, 0.6) is 0 Å². The third-order valence-electron chi connectivity index (χ3n) is 5.83. The van der Waals surface area contributed by atoms with Crippen molar-refractivity contribution >= 4 is 10.8 Å². The van der Waals surface area contributed by atoms with E-state index < -0.39 is 29.8 Å². The van der Waals surface area contributed by atoms with Crippen LogP contribution in [0.2, 0.25) is 0 Å². The average molecular weight is 479 g/mol. The maximum Gasteiger partial charge on any atom is 0.393 e. The van der Waals surface area contributed by atoms with Crippen LogP contribution in [0, 0.1) is 23.5 Å². The molecule has 5 heteroatoms. The van der Waals surface area contributed by atoms with Crippen molar-refractivity contribution in [2.24, 2.45) is 0 Å². The van der Waals surface area contributed by atoms with Crippen molar-refractivity contribution in [3.05, 3.63) is 107 Å². The van der Waals surface area contributed by atoms with Gasteiger partial charge in [0.25, 0.3) is 0 Å². The average Bonchev–Trinajstić information content (AvgIpc) is 2.83. The van der Waals surface area contributed by atoms with E-state index in [1.54, 1.807) is 24.3 Å². The van der Waals surface area contributed by atoms with E-state index in [0.717, 1.165) is 42.5 Å². The molecular weight excluding hydrogens is 455 g/mol. The predicted octanol–water partition coefficient (Wildman–Crippen LogP) is 8.63. The second kappa shape index (κ2) is 10.3. The second-order valence-electron chi connectivity index (χ2n) is 8.51. The Balaban J connectivity index is 1.58. The molecule has 4 rings (SSSR count). The zero-order valence-electron chi connectivity index (χ0n) is 19.1. The molecule has 0 radical (unpaired) electrons. The first-order valence-electron chi connectivity index (χ1n) is 11.4. The lowest BCUT2D eigenvalue weighted by molar-refractivity contribution is -0.127. The number of alkyl halides is 3. The summed E-state index contributed by atoms with van der Waals surface area (Å²) in [5, 5.41) is 0.954. The number of aryl methyl sites for hydroxylation is 1. The third kappa shape index (κ3) is 6.08. The van der Waals surface area contributed by atoms with Crippen LogP contribution >= 0.6 is 0 Å². The number of halogens is 5. The fourth-order valence-corrected chi connectivity index (χ4v) is 3.95. The monoisotopic (exact) mass is 478 g/mol. The van der Waals surface area contributed by atoms with E-state index in [4.69, 9.17) is 0 Å². The molecule has 0 aliphatic rings. The van der Waals surface area contributed by atoms with Crippen LogP contribution in [0.4, 0.5) is 22.0 Å². The van der Waals surface area contributed by atoms with Gasteiger partial charge >= 0.3 is 6.18 Å². The second-order valence-corrected chi connectivity index (χ2v) is 8.51. The van der Waals surface area contributed by atoms with Crippen molar-refractivity contribution in [3.63, 3.8) is 0 Å². The van der Waals surface area contributed by atoms with Crippen molar-refractivity contribution in [2.45, 2.75) is 38.8 Å². The van der Waals surface area contributed by atoms with Gasteiger partial charge in [0.15, 0.2) is 0 Å². The van der Waals surface area contributed by atoms with Crippen molar-refractivity contribution in [3.8, 4) is 23.0 Å². The Hall–Kier alpha value is -3.65. The predicted molar refractivity (Wildman–Crippen MR) is 130 cm³/mol. The molecule has 0 heterocycles. The number of benzene rings is 4. The molecule has 0 amide bonds. The molecule has 0 aliphatic carbocycles. The summed E-state index contributed by atoms with van der Waals surface area (Å²) >= 11 is 0. The number of rotatable bonds is 5. The third-order valence-corrected chi connectivity index (χ3v) is 5.83. The van der Waals surface area contributed by atoms with Crippen LogP contribution in [0.15, 0.2) is 72.8 Å². The van der Waals surface area contributed by atoms with Crippen LogP contribution < -0.4 is 0 Å². The zero-order chi connectivity index (χ0) is 25.0. The summed E-state index contributed by atoms with van der Waals surface area (Å²) < 4.78 is 67.2. The smallest absolute Gasteiger partial charge is 0.207 e. The van der Waals surface area contributed by atoms with Crippen molar-refractivity contribution < 1.29 is 22.0 Å². The molecule has 0 saturated carbocycles. The molecule has 0 nitrogen and oxygen atoms in total. The molecule has 0 saturated heterocycles. The SMILES string of the molecule is CCCCc1ccc(C#Cc2ccc3c(F)c(-c4ccc(CC(F)(F)F)c(F)c4)ccc3c2)cc1. The highest BCUT2D eigenvalue weighted by molar-refractivity contribution is 5.89. The Morgan fingerprint density at radius 2 is 1.49 bits per heavy atom. The molecule has 178 valence electrons. The van der Waals surface area contributed by atoms with Gasteiger partial charge in [-0.1, -0.05) is 67.6 Å². The van der Waals surface area contributed by atoms with Gasteiger partial charge in [0.2, 0.25) is 0 Å². The van der Waals surface area contributed by atoms with Crippen molar-refractivity contribution in [1.29, 1.82) is 0 Å². The number of fused-ring (bicyclic) bond motifs is 1. The number of unbranched alkanes of at least 4 members (excludes halogenated alkanes) is 1. The lowest BCUT2D eigenvalue weighted by Crippen LogP contribution is -2.12. The van der Waals surface area contributed by atoms with Gasteiger partial charge in [-0.2, -0.15) is 13.2 Å². The van der Waals surface area contributed by atoms with Gasteiger partial charge in [0.05, 0.1) is 6.42 Å². The maximum atomic E-state index is 15.2. The van der Waals surface area contributed by atoms with Crippen LogP contribution in [-0.4, -0.2) is 6.18 Å². The minimum absolute atomic E-state index is 0.122. The van der Waals surface area contributed by atoms with E-state index in [1.165, 1.54) is 17.7 Å². The highest BCUT2D eigenvalue weighted by Crippen LogP contribution is 2.32. The fraction of sp³-hybridized carbons (Fsp3) is 0.200. The van der Waals surface area contributed by atoms with Crippen LogP contribution in [0.1, 0.15) is 42.0 Å². The zero-order valence-corrected chi connectivity index (χ0v) is 19.1. The Labute approximate surface area is 201 Å². The van der Waals surface area contributed by atoms with Gasteiger partial charge in [-0.3, -0.25) is 0 Å². The van der Waals surface area contributed by atoms with E-state index in [9.17, 15) is 17.6 Å². The first kappa shape index (κ1) is 24.5. The summed E-state index contributed by atoms with van der Waals surface area (Å²) in [4.78, 5) is 0. The molecule has 4 aromatic carbocycles. The molecule has 0 fully saturated rings. The lowest BCUT2D eigenvalue weighted by Gasteiger charge is -2.11. The highest BCUT2D eigenvalue weighted by atomic mass is 19.4. The summed E-state index contributed by atoms with van der Waals surface area (Å²) in [7, 11) is 0. The van der Waals surface area contributed by atoms with Gasteiger partial charge in [-0.15, -0.1) is 0 Å². The van der Waals surface area contributed by atoms with Gasteiger partial charge < -0.3 is 0 Å². The summed E-state index contributed by atoms with van der Waals surface area (Å²) in [6.07, 6.45) is -2.54. The summed E-state index contributed by atoms with van der Waals surface area (Å²) in [6.45, 7) is 2.16. The molecule has 0 spiro atoms. The first-order chi connectivity index (χ1) is 16.7. The van der Waals surface area contributed by atoms with Crippen LogP contribution in [0.3, 0.4) is 0 Å². The summed E-state index contributed by atoms with van der Waals surface area (Å²) in [6, 6.07) is 19.7. The maximum absolute atomic E-state index is 15.2. The molecule has 0 unspecified atom stereocenters. The first-order valence-corrected chi connectivity index (χ1v) is 11.4. The largest absolute Gasteiger partial charge is 0.393 e. The minimum Gasteiger partial charge on any atom is -0.207 e. The Morgan fingerprint density at radius 1 is 0.771 bits per heavy atom. The molecule has 0 bridgehead atoms. The summed E-state index contributed by atoms with van der Waals surface area (Å²) in [5.74, 6) is 4.65. The molecule has 0 aliphatic heterocycles. The normalized spacial score (nSPS) is 11.4.